The highest BCUT2D eigenvalue weighted by molar-refractivity contribution is 7.93. The molecule has 0 saturated carbocycles. The summed E-state index contributed by atoms with van der Waals surface area (Å²) in [5.74, 6) is 0.691. The van der Waals surface area contributed by atoms with Gasteiger partial charge in [-0.3, -0.25) is 4.90 Å². The molecule has 3 heterocycles. The van der Waals surface area contributed by atoms with Crippen LogP contribution in [0.3, 0.4) is 0 Å². The zero-order valence-electron chi connectivity index (χ0n) is 17.0. The highest BCUT2D eigenvalue weighted by Crippen LogP contribution is 2.27. The topological polar surface area (TPSA) is 74.6 Å². The molecule has 2 atom stereocenters. The molecular weight excluding hydrogens is 404 g/mol. The number of nitrogens with zero attached hydrogens (tertiary/aromatic N) is 6. The van der Waals surface area contributed by atoms with E-state index in [1.54, 1.807) is 30.0 Å². The molecule has 9 heteroatoms. The number of piperazine rings is 1. The Morgan fingerprint density at radius 2 is 1.90 bits per heavy atom. The Labute approximate surface area is 176 Å². The van der Waals surface area contributed by atoms with Crippen molar-refractivity contribution in [1.82, 2.24) is 19.9 Å². The number of aromatic nitrogens is 3. The second kappa shape index (κ2) is 8.33. The van der Waals surface area contributed by atoms with Gasteiger partial charge in [-0.1, -0.05) is 6.07 Å². The fourth-order valence-electron chi connectivity index (χ4n) is 3.64. The molecule has 2 aromatic heterocycles. The van der Waals surface area contributed by atoms with E-state index in [0.717, 1.165) is 31.7 Å². The molecule has 1 aromatic carbocycles. The first-order valence-corrected chi connectivity index (χ1v) is 12.6. The van der Waals surface area contributed by atoms with Gasteiger partial charge in [-0.05, 0) is 31.5 Å². The van der Waals surface area contributed by atoms with Gasteiger partial charge >= 0.3 is 0 Å². The van der Waals surface area contributed by atoms with Crippen LogP contribution in [0, 0.1) is 0 Å². The lowest BCUT2D eigenvalue weighted by atomic mass is 10.1. The average Bonchev–Trinajstić information content (AvgIpc) is 3.21. The van der Waals surface area contributed by atoms with Crippen LogP contribution in [0.25, 0.3) is 10.2 Å². The summed E-state index contributed by atoms with van der Waals surface area (Å²) in [7, 11) is -2.40. The third-order valence-electron chi connectivity index (χ3n) is 5.41. The van der Waals surface area contributed by atoms with E-state index in [9.17, 15) is 4.21 Å². The molecule has 4 rings (SSSR count). The number of hydrogen-bond acceptors (Lipinski definition) is 8. The molecule has 3 aromatic rings. The summed E-state index contributed by atoms with van der Waals surface area (Å²) in [5, 5.41) is 0. The van der Waals surface area contributed by atoms with Crippen molar-refractivity contribution in [3.8, 4) is 0 Å². The molecule has 7 nitrogen and oxygen atoms in total. The van der Waals surface area contributed by atoms with Crippen LogP contribution in [0.4, 0.5) is 5.95 Å². The second-order valence-electron chi connectivity index (χ2n) is 7.25. The van der Waals surface area contributed by atoms with E-state index in [-0.39, 0.29) is 0 Å². The molecule has 1 saturated heterocycles. The van der Waals surface area contributed by atoms with Crippen molar-refractivity contribution in [3.05, 3.63) is 41.7 Å². The molecule has 0 bridgehead atoms. The number of fused-ring (bicyclic) bond motifs is 1. The fourth-order valence-corrected chi connectivity index (χ4v) is 5.44. The van der Waals surface area contributed by atoms with E-state index in [1.807, 2.05) is 12.4 Å². The molecular formula is C20H26N6OS2. The summed E-state index contributed by atoms with van der Waals surface area (Å²) in [5.41, 5.74) is 4.28. The molecule has 2 unspecified atom stereocenters. The first kappa shape index (κ1) is 20.2. The van der Waals surface area contributed by atoms with E-state index in [4.69, 9.17) is 0 Å². The molecule has 0 spiro atoms. The Balaban J connectivity index is 1.41. The standard InChI is InChI=1S/C20H26N6OS2/c1-4-24-29(3,27)17-12-21-20(22-13-17)26-9-7-25(8-10-26)15(2)16-5-6-19-18(11-16)23-14-28-19/h5-6,11-15H,4,7-10H2,1-3H3. The SMILES string of the molecule is CCN=S(C)(=O)c1cnc(N2CCN(C(C)c3ccc4scnc4c3)CC2)nc1. The minimum absolute atomic E-state index is 0.340. The van der Waals surface area contributed by atoms with E-state index in [0.29, 0.717) is 23.4 Å². The Bertz CT molecular complexity index is 1100. The zero-order chi connectivity index (χ0) is 20.4. The molecule has 29 heavy (non-hydrogen) atoms. The maximum Gasteiger partial charge on any atom is 0.225 e. The van der Waals surface area contributed by atoms with Gasteiger partial charge in [0.05, 0.1) is 30.4 Å². The monoisotopic (exact) mass is 430 g/mol. The van der Waals surface area contributed by atoms with E-state index in [1.165, 1.54) is 10.3 Å². The maximum absolute atomic E-state index is 12.5. The van der Waals surface area contributed by atoms with Crippen molar-refractivity contribution in [1.29, 1.82) is 0 Å². The lowest BCUT2D eigenvalue weighted by Crippen LogP contribution is -2.47. The van der Waals surface area contributed by atoms with E-state index < -0.39 is 9.73 Å². The van der Waals surface area contributed by atoms with Gasteiger partial charge in [0, 0.05) is 57.4 Å². The predicted molar refractivity (Wildman–Crippen MR) is 119 cm³/mol. The molecule has 154 valence electrons. The van der Waals surface area contributed by atoms with Gasteiger partial charge in [0.25, 0.3) is 0 Å². The molecule has 1 fully saturated rings. The largest absolute Gasteiger partial charge is 0.338 e. The van der Waals surface area contributed by atoms with Gasteiger partial charge in [-0.15, -0.1) is 11.3 Å². The van der Waals surface area contributed by atoms with Gasteiger partial charge in [0.2, 0.25) is 5.95 Å². The third-order valence-corrected chi connectivity index (χ3v) is 8.06. The molecule has 0 amide bonds. The van der Waals surface area contributed by atoms with Crippen LogP contribution < -0.4 is 4.90 Å². The third kappa shape index (κ3) is 4.26. The van der Waals surface area contributed by atoms with Gasteiger partial charge < -0.3 is 4.90 Å². The summed E-state index contributed by atoms with van der Waals surface area (Å²) < 4.78 is 17.9. The Morgan fingerprint density at radius 1 is 1.17 bits per heavy atom. The normalized spacial score (nSPS) is 18.5. The Hall–Kier alpha value is -2.10. The molecule has 0 N–H and O–H groups in total. The summed E-state index contributed by atoms with van der Waals surface area (Å²) in [4.78, 5) is 18.6. The van der Waals surface area contributed by atoms with E-state index in [2.05, 4.69) is 54.2 Å². The second-order valence-corrected chi connectivity index (χ2v) is 10.5. The van der Waals surface area contributed by atoms with Gasteiger partial charge in [-0.2, -0.15) is 0 Å². The number of anilines is 1. The molecule has 1 aliphatic heterocycles. The van der Waals surface area contributed by atoms with E-state index >= 15 is 0 Å². The van der Waals surface area contributed by atoms with Crippen LogP contribution in [0.1, 0.15) is 25.5 Å². The first-order chi connectivity index (χ1) is 14.0. The number of rotatable bonds is 5. The summed E-state index contributed by atoms with van der Waals surface area (Å²) in [6.07, 6.45) is 4.95. The maximum atomic E-state index is 12.5. The van der Waals surface area contributed by atoms with Crippen molar-refractivity contribution < 1.29 is 4.21 Å². The van der Waals surface area contributed by atoms with Crippen LogP contribution in [-0.4, -0.2) is 63.0 Å². The van der Waals surface area contributed by atoms with Crippen molar-refractivity contribution >= 4 is 37.2 Å². The smallest absolute Gasteiger partial charge is 0.225 e. The summed E-state index contributed by atoms with van der Waals surface area (Å²) in [6.45, 7) is 8.27. The van der Waals surface area contributed by atoms with Crippen LogP contribution >= 0.6 is 11.3 Å². The minimum atomic E-state index is -2.40. The minimum Gasteiger partial charge on any atom is -0.338 e. The lowest BCUT2D eigenvalue weighted by molar-refractivity contribution is 0.198. The number of hydrogen-bond donors (Lipinski definition) is 0. The lowest BCUT2D eigenvalue weighted by Gasteiger charge is -2.38. The van der Waals surface area contributed by atoms with Gasteiger partial charge in [0.1, 0.15) is 0 Å². The number of benzene rings is 1. The predicted octanol–water partition coefficient (Wildman–Crippen LogP) is 3.45. The molecule has 0 aliphatic carbocycles. The van der Waals surface area contributed by atoms with Crippen molar-refractivity contribution in [3.63, 3.8) is 0 Å². The highest BCUT2D eigenvalue weighted by Gasteiger charge is 2.24. The van der Waals surface area contributed by atoms with Crippen molar-refractivity contribution in [2.75, 3.05) is 43.9 Å². The highest BCUT2D eigenvalue weighted by atomic mass is 32.2. The van der Waals surface area contributed by atoms with Crippen LogP contribution in [0.15, 0.2) is 45.4 Å². The Kier molecular flexibility index (Phi) is 5.80. The Morgan fingerprint density at radius 3 is 2.59 bits per heavy atom. The van der Waals surface area contributed by atoms with Crippen molar-refractivity contribution in [2.45, 2.75) is 24.8 Å². The van der Waals surface area contributed by atoms with Crippen molar-refractivity contribution in [2.24, 2.45) is 4.36 Å². The fraction of sp³-hybridized carbons (Fsp3) is 0.450. The van der Waals surface area contributed by atoms with Crippen LogP contribution in [0.5, 0.6) is 0 Å². The van der Waals surface area contributed by atoms with Crippen LogP contribution in [0.2, 0.25) is 0 Å². The summed E-state index contributed by atoms with van der Waals surface area (Å²) in [6, 6.07) is 6.92. The molecule has 1 aliphatic rings. The number of thiazole rings is 1. The molecule has 0 radical (unpaired) electrons. The summed E-state index contributed by atoms with van der Waals surface area (Å²) >= 11 is 1.68. The first-order valence-electron chi connectivity index (χ1n) is 9.80. The zero-order valence-corrected chi connectivity index (χ0v) is 18.6. The van der Waals surface area contributed by atoms with Crippen LogP contribution in [-0.2, 0) is 9.73 Å². The average molecular weight is 431 g/mol. The quantitative estimate of drug-likeness (QED) is 0.617. The van der Waals surface area contributed by atoms with Gasteiger partial charge in [0.15, 0.2) is 0 Å². The van der Waals surface area contributed by atoms with Gasteiger partial charge in [-0.25, -0.2) is 23.5 Å².